The van der Waals surface area contributed by atoms with Crippen LogP contribution < -0.4 is 9.47 Å². The van der Waals surface area contributed by atoms with E-state index in [0.29, 0.717) is 6.10 Å². The first-order valence-corrected chi connectivity index (χ1v) is 5.90. The molecule has 2 heteroatoms. The van der Waals surface area contributed by atoms with Gasteiger partial charge in [-0.15, -0.1) is 0 Å². The highest BCUT2D eigenvalue weighted by atomic mass is 16.5. The number of benzene rings is 1. The largest absolute Gasteiger partial charge is 0.487 e. The second-order valence-electron chi connectivity index (χ2n) is 5.48. The normalized spacial score (nSPS) is 16.0. The molecule has 0 bridgehead atoms. The average molecular weight is 220 g/mol. The average Bonchev–Trinajstić information content (AvgIpc) is 2.91. The first kappa shape index (κ1) is 11.3. The summed E-state index contributed by atoms with van der Waals surface area (Å²) < 4.78 is 11.7. The molecule has 0 heterocycles. The number of aryl methyl sites for hydroxylation is 1. The minimum Gasteiger partial charge on any atom is -0.487 e. The topological polar surface area (TPSA) is 18.5 Å². The van der Waals surface area contributed by atoms with Crippen LogP contribution in [0.4, 0.5) is 0 Å². The molecule has 1 saturated carbocycles. The van der Waals surface area contributed by atoms with Crippen molar-refractivity contribution in [3.8, 4) is 11.5 Å². The molecule has 2 nitrogen and oxygen atoms in total. The van der Waals surface area contributed by atoms with E-state index in [-0.39, 0.29) is 5.60 Å². The van der Waals surface area contributed by atoms with Crippen LogP contribution in [0, 0.1) is 6.92 Å². The van der Waals surface area contributed by atoms with Gasteiger partial charge in [0, 0.05) is 0 Å². The summed E-state index contributed by atoms with van der Waals surface area (Å²) in [5.74, 6) is 1.74. The summed E-state index contributed by atoms with van der Waals surface area (Å²) >= 11 is 0. The molecule has 16 heavy (non-hydrogen) atoms. The van der Waals surface area contributed by atoms with Crippen molar-refractivity contribution >= 4 is 0 Å². The Morgan fingerprint density at radius 3 is 2.38 bits per heavy atom. The molecule has 0 radical (unpaired) electrons. The summed E-state index contributed by atoms with van der Waals surface area (Å²) in [4.78, 5) is 0. The zero-order valence-electron chi connectivity index (χ0n) is 10.5. The molecule has 0 aliphatic heterocycles. The van der Waals surface area contributed by atoms with Crippen LogP contribution in [0.1, 0.15) is 39.2 Å². The number of hydrogen-bond acceptors (Lipinski definition) is 2. The first-order valence-electron chi connectivity index (χ1n) is 5.90. The van der Waals surface area contributed by atoms with Crippen molar-refractivity contribution in [1.29, 1.82) is 0 Å². The molecule has 1 aromatic carbocycles. The second kappa shape index (κ2) is 4.00. The lowest BCUT2D eigenvalue weighted by atomic mass is 10.1. The van der Waals surface area contributed by atoms with E-state index < -0.39 is 0 Å². The molecule has 88 valence electrons. The lowest BCUT2D eigenvalue weighted by molar-refractivity contribution is 0.122. The lowest BCUT2D eigenvalue weighted by Crippen LogP contribution is -2.23. The van der Waals surface area contributed by atoms with Gasteiger partial charge in [-0.05, 0) is 58.2 Å². The molecule has 0 saturated heterocycles. The molecule has 0 aromatic heterocycles. The van der Waals surface area contributed by atoms with Crippen LogP contribution in [0.3, 0.4) is 0 Å². The smallest absolute Gasteiger partial charge is 0.162 e. The molecule has 0 amide bonds. The Morgan fingerprint density at radius 2 is 1.81 bits per heavy atom. The van der Waals surface area contributed by atoms with Gasteiger partial charge in [0.2, 0.25) is 0 Å². The maximum Gasteiger partial charge on any atom is 0.162 e. The molecular formula is C14H20O2. The van der Waals surface area contributed by atoms with E-state index in [0.717, 1.165) is 11.5 Å². The van der Waals surface area contributed by atoms with E-state index in [2.05, 4.69) is 19.1 Å². The first-order chi connectivity index (χ1) is 7.44. The fourth-order valence-electron chi connectivity index (χ4n) is 1.49. The molecule has 0 spiro atoms. The van der Waals surface area contributed by atoms with Crippen molar-refractivity contribution in [2.24, 2.45) is 0 Å². The van der Waals surface area contributed by atoms with Crippen LogP contribution in [0.15, 0.2) is 18.2 Å². The quantitative estimate of drug-likeness (QED) is 0.773. The van der Waals surface area contributed by atoms with Gasteiger partial charge in [-0.3, -0.25) is 0 Å². The van der Waals surface area contributed by atoms with E-state index >= 15 is 0 Å². The van der Waals surface area contributed by atoms with Gasteiger partial charge in [-0.1, -0.05) is 6.07 Å². The minimum absolute atomic E-state index is 0.184. The highest BCUT2D eigenvalue weighted by Gasteiger charge is 2.25. The monoisotopic (exact) mass is 220 g/mol. The molecule has 0 unspecified atom stereocenters. The van der Waals surface area contributed by atoms with Crippen molar-refractivity contribution < 1.29 is 9.47 Å². The Kier molecular flexibility index (Phi) is 2.83. The Bertz CT molecular complexity index is 373. The van der Waals surface area contributed by atoms with Crippen molar-refractivity contribution in [2.75, 3.05) is 0 Å². The molecule has 1 aliphatic carbocycles. The highest BCUT2D eigenvalue weighted by molar-refractivity contribution is 5.43. The third kappa shape index (κ3) is 3.16. The Balaban J connectivity index is 2.20. The summed E-state index contributed by atoms with van der Waals surface area (Å²) in [5, 5.41) is 0. The summed E-state index contributed by atoms with van der Waals surface area (Å²) in [6.45, 7) is 8.22. The number of rotatable bonds is 3. The van der Waals surface area contributed by atoms with Gasteiger partial charge >= 0.3 is 0 Å². The lowest BCUT2D eigenvalue weighted by Gasteiger charge is -2.23. The van der Waals surface area contributed by atoms with Gasteiger partial charge in [0.25, 0.3) is 0 Å². The standard InChI is InChI=1S/C14H20O2/c1-10-5-8-12(16-14(2,3)4)13(9-10)15-11-6-7-11/h5,8-9,11H,6-7H2,1-4H3. The van der Waals surface area contributed by atoms with Gasteiger partial charge in [0.05, 0.1) is 6.10 Å². The van der Waals surface area contributed by atoms with Crippen LogP contribution in [-0.2, 0) is 0 Å². The molecule has 0 N–H and O–H groups in total. The fraction of sp³-hybridized carbons (Fsp3) is 0.571. The third-order valence-corrected chi connectivity index (χ3v) is 2.33. The number of hydrogen-bond donors (Lipinski definition) is 0. The Hall–Kier alpha value is -1.18. The third-order valence-electron chi connectivity index (χ3n) is 2.33. The van der Waals surface area contributed by atoms with Gasteiger partial charge in [0.1, 0.15) is 5.60 Å². The maximum atomic E-state index is 5.89. The van der Waals surface area contributed by atoms with Crippen molar-refractivity contribution in [2.45, 2.75) is 52.2 Å². The van der Waals surface area contributed by atoms with Crippen molar-refractivity contribution in [1.82, 2.24) is 0 Å². The molecule has 1 aromatic rings. The van der Waals surface area contributed by atoms with Crippen LogP contribution in [0.25, 0.3) is 0 Å². The maximum absolute atomic E-state index is 5.89. The summed E-state index contributed by atoms with van der Waals surface area (Å²) in [5.41, 5.74) is 1.02. The summed E-state index contributed by atoms with van der Waals surface area (Å²) in [7, 11) is 0. The SMILES string of the molecule is Cc1ccc(OC(C)(C)C)c(OC2CC2)c1. The highest BCUT2D eigenvalue weighted by Crippen LogP contribution is 2.35. The van der Waals surface area contributed by atoms with Crippen LogP contribution in [0.2, 0.25) is 0 Å². The van der Waals surface area contributed by atoms with Gasteiger partial charge < -0.3 is 9.47 Å². The van der Waals surface area contributed by atoms with E-state index in [4.69, 9.17) is 9.47 Å². The summed E-state index contributed by atoms with van der Waals surface area (Å²) in [6, 6.07) is 6.11. The second-order valence-corrected chi connectivity index (χ2v) is 5.48. The Labute approximate surface area is 97.6 Å². The summed E-state index contributed by atoms with van der Waals surface area (Å²) in [6.07, 6.45) is 2.75. The van der Waals surface area contributed by atoms with Crippen LogP contribution in [0.5, 0.6) is 11.5 Å². The van der Waals surface area contributed by atoms with E-state index in [1.54, 1.807) is 0 Å². The van der Waals surface area contributed by atoms with Crippen LogP contribution in [-0.4, -0.2) is 11.7 Å². The molecular weight excluding hydrogens is 200 g/mol. The van der Waals surface area contributed by atoms with Gasteiger partial charge in [-0.25, -0.2) is 0 Å². The van der Waals surface area contributed by atoms with Gasteiger partial charge in [-0.2, -0.15) is 0 Å². The predicted molar refractivity (Wildman–Crippen MR) is 65.2 cm³/mol. The van der Waals surface area contributed by atoms with E-state index in [1.807, 2.05) is 26.8 Å². The molecule has 0 atom stereocenters. The van der Waals surface area contributed by atoms with E-state index in [1.165, 1.54) is 18.4 Å². The number of ether oxygens (including phenoxy) is 2. The molecule has 1 aliphatic rings. The Morgan fingerprint density at radius 1 is 1.12 bits per heavy atom. The minimum atomic E-state index is -0.184. The fourth-order valence-corrected chi connectivity index (χ4v) is 1.49. The van der Waals surface area contributed by atoms with Crippen LogP contribution >= 0.6 is 0 Å². The molecule has 1 fully saturated rings. The van der Waals surface area contributed by atoms with Gasteiger partial charge in [0.15, 0.2) is 11.5 Å². The zero-order chi connectivity index (χ0) is 11.8. The molecule has 2 rings (SSSR count). The van der Waals surface area contributed by atoms with E-state index in [9.17, 15) is 0 Å². The zero-order valence-corrected chi connectivity index (χ0v) is 10.5. The van der Waals surface area contributed by atoms with Crippen molar-refractivity contribution in [3.63, 3.8) is 0 Å². The predicted octanol–water partition coefficient (Wildman–Crippen LogP) is 3.71. The van der Waals surface area contributed by atoms with Crippen molar-refractivity contribution in [3.05, 3.63) is 23.8 Å².